The minimum absolute atomic E-state index is 0. The molecule has 0 saturated heterocycles. The van der Waals surface area contributed by atoms with E-state index in [0.717, 1.165) is 19.5 Å². The first kappa shape index (κ1) is 17.3. The molecule has 3 rings (SSSR count). The summed E-state index contributed by atoms with van der Waals surface area (Å²) in [5.74, 6) is 0.158. The Kier molecular flexibility index (Phi) is 5.87. The molecule has 0 fully saturated rings. The van der Waals surface area contributed by atoms with Gasteiger partial charge < -0.3 is 4.74 Å². The number of ether oxygens (including phenoxy) is 1. The molecule has 1 atom stereocenters. The van der Waals surface area contributed by atoms with Gasteiger partial charge in [-0.2, -0.15) is 0 Å². The Hall–Kier alpha value is -1.07. The molecule has 2 aromatic rings. The van der Waals surface area contributed by atoms with Crippen molar-refractivity contribution in [3.8, 4) is 5.75 Å². The van der Waals surface area contributed by atoms with Crippen molar-refractivity contribution in [1.82, 2.24) is 4.90 Å². The van der Waals surface area contributed by atoms with E-state index in [4.69, 9.17) is 16.3 Å². The Bertz CT molecular complexity index is 659. The topological polar surface area (TPSA) is 29.5 Å². The highest BCUT2D eigenvalue weighted by atomic mass is 35.5. The van der Waals surface area contributed by atoms with Crippen LogP contribution in [0, 0.1) is 0 Å². The van der Waals surface area contributed by atoms with Crippen molar-refractivity contribution in [2.24, 2.45) is 0 Å². The molecule has 1 aliphatic rings. The van der Waals surface area contributed by atoms with Gasteiger partial charge in [0.25, 0.3) is 0 Å². The normalized spacial score (nSPS) is 15.5. The van der Waals surface area contributed by atoms with Gasteiger partial charge in [-0.1, -0.05) is 23.7 Å². The van der Waals surface area contributed by atoms with Crippen LogP contribution in [0.1, 0.15) is 17.4 Å². The first-order valence-electron chi connectivity index (χ1n) is 6.90. The first-order valence-corrected chi connectivity index (χ1v) is 8.16. The van der Waals surface area contributed by atoms with E-state index >= 15 is 0 Å². The number of hydrogen-bond donors (Lipinski definition) is 0. The van der Waals surface area contributed by atoms with Crippen molar-refractivity contribution in [1.29, 1.82) is 0 Å². The summed E-state index contributed by atoms with van der Waals surface area (Å²) >= 11 is 7.81. The molecule has 118 valence electrons. The van der Waals surface area contributed by atoms with Crippen molar-refractivity contribution in [2.75, 3.05) is 6.54 Å². The molecular weight excluding hydrogens is 341 g/mol. The maximum atomic E-state index is 12.3. The second kappa shape index (κ2) is 7.47. The zero-order chi connectivity index (χ0) is 14.8. The number of halogens is 2. The number of esters is 1. The summed E-state index contributed by atoms with van der Waals surface area (Å²) in [6, 6.07) is 8.89. The smallest absolute Gasteiger partial charge is 0.328 e. The zero-order valence-corrected chi connectivity index (χ0v) is 14.5. The lowest BCUT2D eigenvalue weighted by atomic mass is 10.1. The number of fused-ring (bicyclic) bond motifs is 1. The minimum atomic E-state index is -0.283. The van der Waals surface area contributed by atoms with E-state index in [1.807, 2.05) is 13.0 Å². The van der Waals surface area contributed by atoms with Gasteiger partial charge in [-0.15, -0.1) is 23.7 Å². The van der Waals surface area contributed by atoms with Crippen LogP contribution in [0.4, 0.5) is 0 Å². The Labute approximate surface area is 145 Å². The van der Waals surface area contributed by atoms with Crippen molar-refractivity contribution in [2.45, 2.75) is 25.9 Å². The SMILES string of the molecule is C[C@@H](C(=O)Oc1ccccc1Cl)N1CCc2sccc2C1.Cl. The summed E-state index contributed by atoms with van der Waals surface area (Å²) in [5, 5.41) is 2.57. The fourth-order valence-electron chi connectivity index (χ4n) is 2.47. The van der Waals surface area contributed by atoms with Gasteiger partial charge in [0, 0.05) is 18.0 Å². The monoisotopic (exact) mass is 357 g/mol. The fraction of sp³-hybridized carbons (Fsp3) is 0.312. The number of benzene rings is 1. The number of carbonyl (C=O) groups is 1. The number of para-hydroxylation sites is 1. The van der Waals surface area contributed by atoms with Crippen LogP contribution < -0.4 is 4.74 Å². The van der Waals surface area contributed by atoms with Gasteiger partial charge in [0.15, 0.2) is 0 Å². The van der Waals surface area contributed by atoms with Crippen LogP contribution in [0.15, 0.2) is 35.7 Å². The van der Waals surface area contributed by atoms with Crippen molar-refractivity contribution < 1.29 is 9.53 Å². The second-order valence-electron chi connectivity index (χ2n) is 5.12. The van der Waals surface area contributed by atoms with Gasteiger partial charge in [0.05, 0.1) is 5.02 Å². The molecule has 0 unspecified atom stereocenters. The van der Waals surface area contributed by atoms with E-state index in [9.17, 15) is 4.79 Å². The minimum Gasteiger partial charge on any atom is -0.424 e. The number of rotatable bonds is 3. The lowest BCUT2D eigenvalue weighted by Crippen LogP contribution is -2.43. The third kappa shape index (κ3) is 3.63. The van der Waals surface area contributed by atoms with Crippen LogP contribution in [0.3, 0.4) is 0 Å². The zero-order valence-electron chi connectivity index (χ0n) is 12.1. The molecule has 2 heterocycles. The molecule has 0 radical (unpaired) electrons. The molecule has 1 aromatic carbocycles. The lowest BCUT2D eigenvalue weighted by molar-refractivity contribution is -0.140. The molecule has 22 heavy (non-hydrogen) atoms. The fourth-order valence-corrected chi connectivity index (χ4v) is 3.54. The highest BCUT2D eigenvalue weighted by Crippen LogP contribution is 2.27. The van der Waals surface area contributed by atoms with Crippen molar-refractivity contribution >= 4 is 41.3 Å². The van der Waals surface area contributed by atoms with Crippen LogP contribution in [0.2, 0.25) is 5.02 Å². The van der Waals surface area contributed by atoms with E-state index in [0.29, 0.717) is 10.8 Å². The summed E-state index contributed by atoms with van der Waals surface area (Å²) in [6.07, 6.45) is 0.997. The molecule has 6 heteroatoms. The lowest BCUT2D eigenvalue weighted by Gasteiger charge is -2.30. The Morgan fingerprint density at radius 3 is 2.91 bits per heavy atom. The quantitative estimate of drug-likeness (QED) is 0.609. The summed E-state index contributed by atoms with van der Waals surface area (Å²) < 4.78 is 5.42. The predicted octanol–water partition coefficient (Wildman–Crippen LogP) is 4.18. The van der Waals surface area contributed by atoms with Crippen LogP contribution >= 0.6 is 35.3 Å². The van der Waals surface area contributed by atoms with Crippen LogP contribution in [0.25, 0.3) is 0 Å². The average Bonchev–Trinajstić information content (AvgIpc) is 2.96. The van der Waals surface area contributed by atoms with Gasteiger partial charge in [-0.05, 0) is 42.5 Å². The van der Waals surface area contributed by atoms with E-state index in [2.05, 4.69) is 16.3 Å². The summed E-state index contributed by atoms with van der Waals surface area (Å²) in [6.45, 7) is 3.57. The molecular formula is C16H17Cl2NO2S. The van der Waals surface area contributed by atoms with E-state index in [1.165, 1.54) is 10.4 Å². The number of carbonyl (C=O) groups excluding carboxylic acids is 1. The van der Waals surface area contributed by atoms with Crippen LogP contribution in [-0.4, -0.2) is 23.5 Å². The highest BCUT2D eigenvalue weighted by Gasteiger charge is 2.27. The number of thiophene rings is 1. The van der Waals surface area contributed by atoms with E-state index in [-0.39, 0.29) is 24.4 Å². The molecule has 0 saturated carbocycles. The third-order valence-electron chi connectivity index (χ3n) is 3.77. The molecule has 3 nitrogen and oxygen atoms in total. The summed E-state index contributed by atoms with van der Waals surface area (Å²) in [5.41, 5.74) is 1.32. The molecule has 1 aromatic heterocycles. The molecule has 0 bridgehead atoms. The maximum Gasteiger partial charge on any atom is 0.328 e. The predicted molar refractivity (Wildman–Crippen MR) is 92.2 cm³/mol. The summed E-state index contributed by atoms with van der Waals surface area (Å²) in [4.78, 5) is 15.9. The standard InChI is InChI=1S/C16H16ClNO2S.ClH/c1-11(16(19)20-14-5-3-2-4-13(14)17)18-8-6-15-12(10-18)7-9-21-15;/h2-5,7,9,11H,6,8,10H2,1H3;1H/t11-;/m0./s1. The van der Waals surface area contributed by atoms with E-state index < -0.39 is 0 Å². The van der Waals surface area contributed by atoms with Gasteiger partial charge in [-0.25, -0.2) is 4.79 Å². The number of hydrogen-bond acceptors (Lipinski definition) is 4. The molecule has 1 aliphatic heterocycles. The van der Waals surface area contributed by atoms with Gasteiger partial charge in [-0.3, -0.25) is 4.90 Å². The Morgan fingerprint density at radius 2 is 2.14 bits per heavy atom. The second-order valence-corrected chi connectivity index (χ2v) is 6.52. The maximum absolute atomic E-state index is 12.3. The van der Waals surface area contributed by atoms with Crippen molar-refractivity contribution in [3.63, 3.8) is 0 Å². The number of nitrogens with zero attached hydrogens (tertiary/aromatic N) is 1. The van der Waals surface area contributed by atoms with Crippen molar-refractivity contribution in [3.05, 3.63) is 51.2 Å². The first-order chi connectivity index (χ1) is 10.1. The average molecular weight is 358 g/mol. The van der Waals surface area contributed by atoms with E-state index in [1.54, 1.807) is 29.5 Å². The summed E-state index contributed by atoms with van der Waals surface area (Å²) in [7, 11) is 0. The van der Waals surface area contributed by atoms with Gasteiger partial charge in [0.2, 0.25) is 0 Å². The third-order valence-corrected chi connectivity index (χ3v) is 5.11. The van der Waals surface area contributed by atoms with Gasteiger partial charge >= 0.3 is 5.97 Å². The van der Waals surface area contributed by atoms with Crippen LogP contribution in [-0.2, 0) is 17.8 Å². The Balaban J connectivity index is 0.00000176. The molecule has 0 spiro atoms. The Morgan fingerprint density at radius 1 is 1.36 bits per heavy atom. The largest absolute Gasteiger partial charge is 0.424 e. The van der Waals surface area contributed by atoms with Gasteiger partial charge in [0.1, 0.15) is 11.8 Å². The molecule has 0 amide bonds. The molecule has 0 N–H and O–H groups in total. The highest BCUT2D eigenvalue weighted by molar-refractivity contribution is 7.10. The van der Waals surface area contributed by atoms with Crippen LogP contribution in [0.5, 0.6) is 5.75 Å². The molecule has 0 aliphatic carbocycles.